The van der Waals surface area contributed by atoms with E-state index in [9.17, 15) is 0 Å². The summed E-state index contributed by atoms with van der Waals surface area (Å²) in [5, 5.41) is 13.0. The van der Waals surface area contributed by atoms with Gasteiger partial charge in [-0.05, 0) is 6.07 Å². The van der Waals surface area contributed by atoms with Crippen molar-refractivity contribution in [3.05, 3.63) is 42.5 Å². The number of hydrogen-bond donors (Lipinski definition) is 1. The van der Waals surface area contributed by atoms with Gasteiger partial charge in [-0.3, -0.25) is 5.73 Å². The minimum atomic E-state index is 0.518. The van der Waals surface area contributed by atoms with Crippen LogP contribution in [-0.2, 0) is 6.54 Å². The minimum Gasteiger partial charge on any atom is -0.285 e. The van der Waals surface area contributed by atoms with E-state index in [0.29, 0.717) is 18.8 Å². The van der Waals surface area contributed by atoms with Crippen LogP contribution in [0.25, 0.3) is 11.3 Å². The number of anilines is 1. The number of hydrogen-bond acceptors (Lipinski definition) is 3. The van der Waals surface area contributed by atoms with E-state index in [1.54, 1.807) is 4.68 Å². The molecule has 2 rings (SSSR count). The summed E-state index contributed by atoms with van der Waals surface area (Å²) in [7, 11) is 0. The lowest BCUT2D eigenvalue weighted by Gasteiger charge is -2.03. The summed E-state index contributed by atoms with van der Waals surface area (Å²) in [5.41, 5.74) is 7.82. The van der Waals surface area contributed by atoms with Crippen molar-refractivity contribution < 1.29 is 4.68 Å². The molecule has 1 aromatic heterocycles. The molecular formula is C14H15N4+. The summed E-state index contributed by atoms with van der Waals surface area (Å²) in [4.78, 5) is 0. The molecule has 0 bridgehead atoms. The van der Waals surface area contributed by atoms with Crippen LogP contribution in [0.5, 0.6) is 0 Å². The van der Waals surface area contributed by atoms with Gasteiger partial charge in [-0.15, -0.1) is 4.68 Å². The van der Waals surface area contributed by atoms with Crippen LogP contribution in [0.2, 0.25) is 0 Å². The number of unbranched alkanes of at least 4 members (excludes halogenated alkanes) is 1. The number of aromatic nitrogens is 2. The number of benzene rings is 1. The standard InChI is InChI=1S/C14H14N4/c15-10-4-5-11-18-14(16)9-8-13(17-18)12-6-2-1-3-7-12/h1-3,6-9,16H,4-5,11H2/p+1. The Bertz CT molecular complexity index is 558. The van der Waals surface area contributed by atoms with Gasteiger partial charge < -0.3 is 0 Å². The summed E-state index contributed by atoms with van der Waals surface area (Å²) in [6.45, 7) is 0.667. The fraction of sp³-hybridized carbons (Fsp3) is 0.214. The van der Waals surface area contributed by atoms with Crippen LogP contribution >= 0.6 is 0 Å². The average Bonchev–Trinajstić information content (AvgIpc) is 2.42. The van der Waals surface area contributed by atoms with Crippen molar-refractivity contribution in [1.29, 1.82) is 5.26 Å². The SMILES string of the molecule is N#CCCC[n+]1nc(-c2ccccc2)ccc1N. The van der Waals surface area contributed by atoms with E-state index < -0.39 is 0 Å². The minimum absolute atomic E-state index is 0.518. The maximum Gasteiger partial charge on any atom is 0.293 e. The first-order valence-corrected chi connectivity index (χ1v) is 5.90. The Morgan fingerprint density at radius 3 is 2.67 bits per heavy atom. The van der Waals surface area contributed by atoms with E-state index >= 15 is 0 Å². The molecule has 0 unspecified atom stereocenters. The molecule has 0 aliphatic carbocycles. The zero-order valence-electron chi connectivity index (χ0n) is 10.1. The lowest BCUT2D eigenvalue weighted by Crippen LogP contribution is -2.41. The largest absolute Gasteiger partial charge is 0.293 e. The lowest BCUT2D eigenvalue weighted by molar-refractivity contribution is -0.739. The van der Waals surface area contributed by atoms with Crippen LogP contribution in [0, 0.1) is 11.3 Å². The number of aryl methyl sites for hydroxylation is 1. The summed E-state index contributed by atoms with van der Waals surface area (Å²) >= 11 is 0. The van der Waals surface area contributed by atoms with Gasteiger partial charge in [0.1, 0.15) is 12.2 Å². The molecule has 2 N–H and O–H groups in total. The number of nitrogens with two attached hydrogens (primary N) is 1. The molecule has 0 spiro atoms. The Hall–Kier alpha value is -2.41. The van der Waals surface area contributed by atoms with Crippen molar-refractivity contribution in [2.24, 2.45) is 0 Å². The molecule has 2 aromatic rings. The Kier molecular flexibility index (Phi) is 3.87. The van der Waals surface area contributed by atoms with Crippen LogP contribution in [0.15, 0.2) is 42.5 Å². The van der Waals surface area contributed by atoms with Crippen LogP contribution in [0.3, 0.4) is 0 Å². The maximum absolute atomic E-state index is 8.54. The van der Waals surface area contributed by atoms with Crippen LogP contribution in [0.1, 0.15) is 12.8 Å². The quantitative estimate of drug-likeness (QED) is 0.654. The molecule has 4 heteroatoms. The molecule has 1 heterocycles. The maximum atomic E-state index is 8.54. The van der Waals surface area contributed by atoms with Crippen molar-refractivity contribution in [2.45, 2.75) is 19.4 Å². The van der Waals surface area contributed by atoms with Crippen molar-refractivity contribution in [2.75, 3.05) is 5.73 Å². The van der Waals surface area contributed by atoms with Gasteiger partial charge in [0.05, 0.1) is 6.07 Å². The zero-order valence-corrected chi connectivity index (χ0v) is 10.1. The molecule has 1 aromatic carbocycles. The van der Waals surface area contributed by atoms with E-state index in [1.807, 2.05) is 42.5 Å². The monoisotopic (exact) mass is 239 g/mol. The summed E-state index contributed by atoms with van der Waals surface area (Å²) in [5.74, 6) is 0.618. The van der Waals surface area contributed by atoms with E-state index in [1.165, 1.54) is 0 Å². The van der Waals surface area contributed by atoms with Crippen LogP contribution < -0.4 is 10.4 Å². The number of nitriles is 1. The Morgan fingerprint density at radius 1 is 1.17 bits per heavy atom. The van der Waals surface area contributed by atoms with Crippen molar-refractivity contribution >= 4 is 5.82 Å². The zero-order chi connectivity index (χ0) is 12.8. The molecule has 0 atom stereocenters. The number of rotatable bonds is 4. The Morgan fingerprint density at radius 2 is 1.94 bits per heavy atom. The third-order valence-electron chi connectivity index (χ3n) is 2.67. The first-order chi connectivity index (χ1) is 8.81. The smallest absolute Gasteiger partial charge is 0.285 e. The molecule has 0 radical (unpaired) electrons. The van der Waals surface area contributed by atoms with Gasteiger partial charge in [0, 0.05) is 24.5 Å². The molecule has 0 aliphatic rings. The Labute approximate surface area is 106 Å². The molecule has 0 saturated heterocycles. The van der Waals surface area contributed by atoms with Gasteiger partial charge >= 0.3 is 0 Å². The molecular weight excluding hydrogens is 224 g/mol. The highest BCUT2D eigenvalue weighted by Gasteiger charge is 2.08. The second kappa shape index (κ2) is 5.78. The molecule has 0 fully saturated rings. The summed E-state index contributed by atoms with van der Waals surface area (Å²) in [6, 6.07) is 15.8. The van der Waals surface area contributed by atoms with Gasteiger partial charge in [0.25, 0.3) is 5.82 Å². The molecule has 4 nitrogen and oxygen atoms in total. The highest BCUT2D eigenvalue weighted by molar-refractivity contribution is 5.58. The van der Waals surface area contributed by atoms with Crippen molar-refractivity contribution in [3.8, 4) is 17.3 Å². The van der Waals surface area contributed by atoms with Gasteiger partial charge in [0.15, 0.2) is 0 Å². The van der Waals surface area contributed by atoms with E-state index in [-0.39, 0.29) is 0 Å². The summed E-state index contributed by atoms with van der Waals surface area (Å²) in [6.07, 6.45) is 1.28. The van der Waals surface area contributed by atoms with Gasteiger partial charge in [-0.2, -0.15) is 5.26 Å². The third kappa shape index (κ3) is 2.83. The fourth-order valence-electron chi connectivity index (χ4n) is 1.72. The molecule has 0 aliphatic heterocycles. The second-order valence-electron chi connectivity index (χ2n) is 3.99. The van der Waals surface area contributed by atoms with Gasteiger partial charge in [-0.25, -0.2) is 0 Å². The van der Waals surface area contributed by atoms with Crippen LogP contribution in [-0.4, -0.2) is 5.10 Å². The third-order valence-corrected chi connectivity index (χ3v) is 2.67. The first-order valence-electron chi connectivity index (χ1n) is 5.90. The molecule has 90 valence electrons. The van der Waals surface area contributed by atoms with Crippen molar-refractivity contribution in [3.63, 3.8) is 0 Å². The average molecular weight is 239 g/mol. The van der Waals surface area contributed by atoms with Gasteiger partial charge in [0.2, 0.25) is 0 Å². The lowest BCUT2D eigenvalue weighted by atomic mass is 10.1. The second-order valence-corrected chi connectivity index (χ2v) is 3.99. The predicted molar refractivity (Wildman–Crippen MR) is 69.1 cm³/mol. The Balaban J connectivity index is 2.24. The predicted octanol–water partition coefficient (Wildman–Crippen LogP) is 1.92. The molecule has 18 heavy (non-hydrogen) atoms. The highest BCUT2D eigenvalue weighted by atomic mass is 15.3. The fourth-order valence-corrected chi connectivity index (χ4v) is 1.72. The number of nitrogen functional groups attached to an aromatic ring is 1. The van der Waals surface area contributed by atoms with E-state index in [4.69, 9.17) is 11.0 Å². The number of nitrogens with zero attached hydrogens (tertiary/aromatic N) is 3. The highest BCUT2D eigenvalue weighted by Crippen LogP contribution is 2.14. The van der Waals surface area contributed by atoms with Crippen molar-refractivity contribution in [1.82, 2.24) is 5.10 Å². The first kappa shape index (κ1) is 12.1. The molecule has 0 saturated carbocycles. The van der Waals surface area contributed by atoms with Gasteiger partial charge in [-0.1, -0.05) is 35.4 Å². The van der Waals surface area contributed by atoms with Crippen LogP contribution in [0.4, 0.5) is 5.82 Å². The van der Waals surface area contributed by atoms with E-state index in [0.717, 1.165) is 17.7 Å². The van der Waals surface area contributed by atoms with E-state index in [2.05, 4.69) is 11.2 Å². The topological polar surface area (TPSA) is 66.6 Å². The normalized spacial score (nSPS) is 9.94. The summed E-state index contributed by atoms with van der Waals surface area (Å²) < 4.78 is 1.75. The molecule has 0 amide bonds.